The van der Waals surface area contributed by atoms with Crippen molar-refractivity contribution in [2.45, 2.75) is 0 Å². The number of fused-ring (bicyclic) bond motifs is 2. The zero-order chi connectivity index (χ0) is 10.3. The Balaban J connectivity index is 2.24. The van der Waals surface area contributed by atoms with Crippen LogP contribution in [0, 0.1) is 0 Å². The van der Waals surface area contributed by atoms with Crippen molar-refractivity contribution in [3.05, 3.63) is 58.3 Å². The number of rotatable bonds is 0. The average Bonchev–Trinajstić information content (AvgIpc) is 2.26. The molecule has 1 N–H and O–H groups in total. The Morgan fingerprint density at radius 3 is 2.73 bits per heavy atom. The number of aliphatic hydroxyl groups is 1. The number of allylic oxidation sites excluding steroid dienone is 3. The van der Waals surface area contributed by atoms with Gasteiger partial charge in [-0.15, -0.1) is 0 Å². The molecular weight excluding hydrogens is 186 g/mol. The Kier molecular flexibility index (Phi) is 1.68. The van der Waals surface area contributed by atoms with Crippen LogP contribution < -0.4 is 10.4 Å². The molecular formula is C13H11NO. The molecule has 0 aliphatic carbocycles. The molecule has 0 bridgehead atoms. The first-order valence-electron chi connectivity index (χ1n) is 4.98. The van der Waals surface area contributed by atoms with Gasteiger partial charge in [0, 0.05) is 11.9 Å². The maximum absolute atomic E-state index is 9.44. The van der Waals surface area contributed by atoms with Gasteiger partial charge in [-0.1, -0.05) is 24.3 Å². The zero-order valence-corrected chi connectivity index (χ0v) is 8.22. The minimum absolute atomic E-state index is 0.405. The van der Waals surface area contributed by atoms with Gasteiger partial charge in [0.25, 0.3) is 0 Å². The highest BCUT2D eigenvalue weighted by Crippen LogP contribution is 2.16. The fourth-order valence-corrected chi connectivity index (χ4v) is 1.93. The van der Waals surface area contributed by atoms with E-state index in [1.165, 1.54) is 10.4 Å². The standard InChI is InChI=1S/C13H11NO/c15-13-6-5-12-7-10-3-1-2-4-11(10)8-14(12)9-13/h1-8,15H,9H2. The van der Waals surface area contributed by atoms with E-state index < -0.39 is 0 Å². The summed E-state index contributed by atoms with van der Waals surface area (Å²) in [6, 6.07) is 8.24. The summed E-state index contributed by atoms with van der Waals surface area (Å²) in [5.41, 5.74) is 1.13. The molecule has 0 amide bonds. The topological polar surface area (TPSA) is 23.5 Å². The molecule has 0 saturated heterocycles. The van der Waals surface area contributed by atoms with E-state index in [1.807, 2.05) is 18.2 Å². The monoisotopic (exact) mass is 197 g/mol. The van der Waals surface area contributed by atoms with Crippen LogP contribution in [0.15, 0.2) is 47.9 Å². The summed E-state index contributed by atoms with van der Waals surface area (Å²) in [4.78, 5) is 2.05. The van der Waals surface area contributed by atoms with Crippen LogP contribution in [0.4, 0.5) is 0 Å². The van der Waals surface area contributed by atoms with E-state index in [0.29, 0.717) is 12.3 Å². The van der Waals surface area contributed by atoms with Crippen LogP contribution in [0.3, 0.4) is 0 Å². The molecule has 2 aliphatic rings. The minimum Gasteiger partial charge on any atom is -0.510 e. The van der Waals surface area contributed by atoms with Crippen molar-refractivity contribution in [3.63, 3.8) is 0 Å². The molecule has 0 radical (unpaired) electrons. The Morgan fingerprint density at radius 1 is 1.07 bits per heavy atom. The van der Waals surface area contributed by atoms with Gasteiger partial charge in [0.15, 0.2) is 0 Å². The highest BCUT2D eigenvalue weighted by atomic mass is 16.3. The predicted octanol–water partition coefficient (Wildman–Crippen LogP) is 0.860. The molecule has 0 saturated carbocycles. The number of hydrogen-bond acceptors (Lipinski definition) is 2. The molecule has 2 heterocycles. The lowest BCUT2D eigenvalue weighted by molar-refractivity contribution is 0.353. The Labute approximate surface area is 87.8 Å². The van der Waals surface area contributed by atoms with E-state index in [0.717, 1.165) is 5.70 Å². The van der Waals surface area contributed by atoms with Gasteiger partial charge in [-0.25, -0.2) is 0 Å². The first-order chi connectivity index (χ1) is 7.33. The van der Waals surface area contributed by atoms with Crippen LogP contribution in [0.1, 0.15) is 0 Å². The second-order valence-corrected chi connectivity index (χ2v) is 3.78. The van der Waals surface area contributed by atoms with Gasteiger partial charge in [-0.05, 0) is 28.7 Å². The molecule has 0 unspecified atom stereocenters. The van der Waals surface area contributed by atoms with Crippen LogP contribution >= 0.6 is 0 Å². The van der Waals surface area contributed by atoms with Crippen molar-refractivity contribution in [2.24, 2.45) is 0 Å². The highest BCUT2D eigenvalue weighted by molar-refractivity contribution is 5.56. The van der Waals surface area contributed by atoms with Crippen LogP contribution in [0.2, 0.25) is 0 Å². The van der Waals surface area contributed by atoms with Crippen molar-refractivity contribution >= 4 is 12.3 Å². The summed E-state index contributed by atoms with van der Waals surface area (Å²) in [5.74, 6) is 0.405. The lowest BCUT2D eigenvalue weighted by atomic mass is 10.1. The summed E-state index contributed by atoms with van der Waals surface area (Å²) < 4.78 is 0. The molecule has 74 valence electrons. The van der Waals surface area contributed by atoms with Gasteiger partial charge >= 0.3 is 0 Å². The van der Waals surface area contributed by atoms with E-state index in [1.54, 1.807) is 6.08 Å². The molecule has 1 aromatic carbocycles. The Bertz CT molecular complexity index is 581. The van der Waals surface area contributed by atoms with Crippen molar-refractivity contribution < 1.29 is 5.11 Å². The molecule has 0 spiro atoms. The maximum atomic E-state index is 9.44. The second kappa shape index (κ2) is 3.02. The molecule has 0 atom stereocenters. The molecule has 1 aromatic rings. The number of benzene rings is 1. The summed E-state index contributed by atoms with van der Waals surface area (Å²) in [6.45, 7) is 0.566. The van der Waals surface area contributed by atoms with E-state index in [-0.39, 0.29) is 0 Å². The van der Waals surface area contributed by atoms with E-state index in [4.69, 9.17) is 0 Å². The first kappa shape index (κ1) is 8.36. The third kappa shape index (κ3) is 1.34. The fraction of sp³-hybridized carbons (Fsp3) is 0.0769. The molecule has 3 rings (SSSR count). The first-order valence-corrected chi connectivity index (χ1v) is 4.98. The molecule has 2 heteroatoms. The third-order valence-corrected chi connectivity index (χ3v) is 2.70. The normalized spacial score (nSPS) is 17.7. The van der Waals surface area contributed by atoms with Crippen molar-refractivity contribution in [3.8, 4) is 0 Å². The summed E-state index contributed by atoms with van der Waals surface area (Å²) in [5, 5.41) is 11.9. The van der Waals surface area contributed by atoms with Gasteiger partial charge in [-0.2, -0.15) is 0 Å². The second-order valence-electron chi connectivity index (χ2n) is 3.78. The summed E-state index contributed by atoms with van der Waals surface area (Å²) in [7, 11) is 0. The SMILES string of the molecule is OC1=CC=C2C=c3ccccc3=CN2C1. The van der Waals surface area contributed by atoms with Gasteiger partial charge in [-0.3, -0.25) is 0 Å². The van der Waals surface area contributed by atoms with E-state index in [9.17, 15) is 5.11 Å². The van der Waals surface area contributed by atoms with Crippen LogP contribution in [-0.2, 0) is 0 Å². The molecule has 2 nitrogen and oxygen atoms in total. The molecule has 2 aliphatic heterocycles. The zero-order valence-electron chi connectivity index (χ0n) is 8.22. The lowest BCUT2D eigenvalue weighted by Gasteiger charge is -2.26. The largest absolute Gasteiger partial charge is 0.510 e. The van der Waals surface area contributed by atoms with Gasteiger partial charge in [0.1, 0.15) is 5.76 Å². The Morgan fingerprint density at radius 2 is 1.87 bits per heavy atom. The number of nitrogens with zero attached hydrogens (tertiary/aromatic N) is 1. The molecule has 15 heavy (non-hydrogen) atoms. The smallest absolute Gasteiger partial charge is 0.112 e. The average molecular weight is 197 g/mol. The van der Waals surface area contributed by atoms with Gasteiger partial charge in [0.2, 0.25) is 0 Å². The molecule has 0 fully saturated rings. The van der Waals surface area contributed by atoms with Crippen molar-refractivity contribution in [1.82, 2.24) is 4.90 Å². The van der Waals surface area contributed by atoms with Gasteiger partial charge < -0.3 is 10.0 Å². The van der Waals surface area contributed by atoms with Crippen molar-refractivity contribution in [2.75, 3.05) is 6.54 Å². The highest BCUT2D eigenvalue weighted by Gasteiger charge is 2.13. The van der Waals surface area contributed by atoms with Crippen LogP contribution in [-0.4, -0.2) is 16.6 Å². The van der Waals surface area contributed by atoms with E-state index >= 15 is 0 Å². The van der Waals surface area contributed by atoms with Crippen molar-refractivity contribution in [1.29, 1.82) is 0 Å². The molecule has 0 aromatic heterocycles. The number of hydrogen-bond donors (Lipinski definition) is 1. The van der Waals surface area contributed by atoms with E-state index in [2.05, 4.69) is 29.3 Å². The van der Waals surface area contributed by atoms with Gasteiger partial charge in [0.05, 0.1) is 6.54 Å². The van der Waals surface area contributed by atoms with Crippen LogP contribution in [0.5, 0.6) is 0 Å². The Hall–Kier alpha value is -1.96. The maximum Gasteiger partial charge on any atom is 0.112 e. The summed E-state index contributed by atoms with van der Waals surface area (Å²) >= 11 is 0. The fourth-order valence-electron chi connectivity index (χ4n) is 1.93. The predicted molar refractivity (Wildman–Crippen MR) is 60.1 cm³/mol. The number of aliphatic hydroxyl groups excluding tert-OH is 1. The minimum atomic E-state index is 0.405. The third-order valence-electron chi connectivity index (χ3n) is 2.70. The lowest BCUT2D eigenvalue weighted by Crippen LogP contribution is -2.35. The van der Waals surface area contributed by atoms with Crippen LogP contribution in [0.25, 0.3) is 12.3 Å². The summed E-state index contributed by atoms with van der Waals surface area (Å²) in [6.07, 6.45) is 7.90. The quantitative estimate of drug-likeness (QED) is 0.667.